The highest BCUT2D eigenvalue weighted by Crippen LogP contribution is 2.42. The van der Waals surface area contributed by atoms with E-state index in [-0.39, 0.29) is 12.5 Å². The number of esters is 1. The summed E-state index contributed by atoms with van der Waals surface area (Å²) in [4.78, 5) is 27.2. The van der Waals surface area contributed by atoms with Crippen molar-refractivity contribution in [3.8, 4) is 28.7 Å². The number of fused-ring (bicyclic) bond motifs is 1. The van der Waals surface area contributed by atoms with Gasteiger partial charge in [-0.05, 0) is 29.7 Å². The first-order chi connectivity index (χ1) is 16.4. The van der Waals surface area contributed by atoms with Crippen LogP contribution in [-0.4, -0.2) is 66.1 Å². The molecule has 2 aromatic rings. The number of carbonyl (C=O) groups is 2. The smallest absolute Gasteiger partial charge is 0.322 e. The van der Waals surface area contributed by atoms with Crippen molar-refractivity contribution in [2.45, 2.75) is 18.9 Å². The van der Waals surface area contributed by atoms with E-state index in [1.807, 2.05) is 6.07 Å². The van der Waals surface area contributed by atoms with Gasteiger partial charge in [0.1, 0.15) is 0 Å². The largest absolute Gasteiger partial charge is 0.493 e. The van der Waals surface area contributed by atoms with Crippen molar-refractivity contribution < 1.29 is 38.0 Å². The molecule has 0 aromatic heterocycles. The van der Waals surface area contributed by atoms with Crippen LogP contribution in [0.5, 0.6) is 28.7 Å². The SMILES string of the molecule is COC(=O)CC1c2cc(OC)c(OC)cc2CCN1C(=O)Nc1cc(OC)c(OC)c(OC)c1. The van der Waals surface area contributed by atoms with Crippen molar-refractivity contribution in [3.63, 3.8) is 0 Å². The van der Waals surface area contributed by atoms with E-state index in [9.17, 15) is 9.59 Å². The molecule has 1 heterocycles. The Kier molecular flexibility index (Phi) is 7.93. The van der Waals surface area contributed by atoms with Crippen molar-refractivity contribution in [1.29, 1.82) is 0 Å². The van der Waals surface area contributed by atoms with Gasteiger partial charge >= 0.3 is 12.0 Å². The molecule has 0 spiro atoms. The van der Waals surface area contributed by atoms with Crippen LogP contribution in [0.15, 0.2) is 24.3 Å². The second-order valence-corrected chi connectivity index (χ2v) is 7.49. The Labute approximate surface area is 198 Å². The summed E-state index contributed by atoms with van der Waals surface area (Å²) in [6.07, 6.45) is 0.567. The molecule has 0 saturated heterocycles. The predicted molar refractivity (Wildman–Crippen MR) is 124 cm³/mol. The molecule has 1 N–H and O–H groups in total. The number of methoxy groups -OCH3 is 6. The van der Waals surface area contributed by atoms with E-state index < -0.39 is 12.0 Å². The molecule has 34 heavy (non-hydrogen) atoms. The Morgan fingerprint density at radius 1 is 0.853 bits per heavy atom. The van der Waals surface area contributed by atoms with Crippen molar-refractivity contribution in [3.05, 3.63) is 35.4 Å². The van der Waals surface area contributed by atoms with E-state index in [0.717, 1.165) is 11.1 Å². The number of amides is 2. The zero-order valence-electron chi connectivity index (χ0n) is 20.2. The summed E-state index contributed by atoms with van der Waals surface area (Å²) in [6, 6.07) is 6.02. The maximum atomic E-state index is 13.4. The first kappa shape index (κ1) is 24.8. The highest BCUT2D eigenvalue weighted by molar-refractivity contribution is 5.91. The lowest BCUT2D eigenvalue weighted by atomic mass is 9.90. The molecular formula is C24H30N2O8. The zero-order chi connectivity index (χ0) is 24.8. The molecule has 0 radical (unpaired) electrons. The van der Waals surface area contributed by atoms with Gasteiger partial charge in [0.25, 0.3) is 0 Å². The van der Waals surface area contributed by atoms with Gasteiger partial charge < -0.3 is 38.6 Å². The highest BCUT2D eigenvalue weighted by atomic mass is 16.5. The summed E-state index contributed by atoms with van der Waals surface area (Å²) in [7, 11) is 8.93. The maximum absolute atomic E-state index is 13.4. The Bertz CT molecular complexity index is 1030. The molecule has 10 nitrogen and oxygen atoms in total. The molecule has 2 aromatic carbocycles. The molecule has 1 aliphatic rings. The number of carbonyl (C=O) groups excluding carboxylic acids is 2. The number of benzene rings is 2. The molecular weight excluding hydrogens is 444 g/mol. The van der Waals surface area contributed by atoms with Gasteiger partial charge in [0.15, 0.2) is 23.0 Å². The summed E-state index contributed by atoms with van der Waals surface area (Å²) in [5, 5.41) is 2.88. The minimum atomic E-state index is -0.557. The third-order valence-electron chi connectivity index (χ3n) is 5.77. The second kappa shape index (κ2) is 10.9. The minimum absolute atomic E-state index is 0.0122. The molecule has 10 heteroatoms. The van der Waals surface area contributed by atoms with Gasteiger partial charge in [-0.25, -0.2) is 4.79 Å². The average molecular weight is 475 g/mol. The number of nitrogens with one attached hydrogen (secondary N) is 1. The third-order valence-corrected chi connectivity index (χ3v) is 5.77. The van der Waals surface area contributed by atoms with Crippen molar-refractivity contribution in [2.24, 2.45) is 0 Å². The van der Waals surface area contributed by atoms with E-state index in [1.165, 1.54) is 35.5 Å². The van der Waals surface area contributed by atoms with E-state index in [2.05, 4.69) is 5.32 Å². The topological polar surface area (TPSA) is 105 Å². The van der Waals surface area contributed by atoms with Gasteiger partial charge in [0.05, 0.1) is 60.8 Å². The normalized spacial score (nSPS) is 14.5. The van der Waals surface area contributed by atoms with Gasteiger partial charge in [-0.15, -0.1) is 0 Å². The summed E-state index contributed by atoms with van der Waals surface area (Å²) in [6.45, 7) is 0.389. The second-order valence-electron chi connectivity index (χ2n) is 7.49. The average Bonchev–Trinajstić information content (AvgIpc) is 2.86. The minimum Gasteiger partial charge on any atom is -0.493 e. The fourth-order valence-corrected chi connectivity index (χ4v) is 4.08. The number of hydrogen-bond donors (Lipinski definition) is 1. The number of anilines is 1. The van der Waals surface area contributed by atoms with Gasteiger partial charge in [0, 0.05) is 18.7 Å². The van der Waals surface area contributed by atoms with Gasteiger partial charge in [0.2, 0.25) is 5.75 Å². The molecule has 2 amide bonds. The highest BCUT2D eigenvalue weighted by Gasteiger charge is 2.34. The van der Waals surface area contributed by atoms with Gasteiger partial charge in [-0.3, -0.25) is 4.79 Å². The van der Waals surface area contributed by atoms with E-state index in [4.69, 9.17) is 28.4 Å². The maximum Gasteiger partial charge on any atom is 0.322 e. The van der Waals surface area contributed by atoms with Crippen LogP contribution in [-0.2, 0) is 16.0 Å². The molecule has 0 aliphatic carbocycles. The summed E-state index contributed by atoms with van der Waals surface area (Å²) in [5.41, 5.74) is 2.23. The quantitative estimate of drug-likeness (QED) is 0.581. The predicted octanol–water partition coefficient (Wildman–Crippen LogP) is 3.42. The first-order valence-corrected chi connectivity index (χ1v) is 10.6. The first-order valence-electron chi connectivity index (χ1n) is 10.6. The Balaban J connectivity index is 1.96. The monoisotopic (exact) mass is 474 g/mol. The standard InChI is InChI=1S/C24H30N2O8/c1-29-18-9-14-7-8-26(17(13-22(27)33-5)16(14)12-19(18)30-2)24(28)25-15-10-20(31-3)23(34-6)21(11-15)32-4/h9-12,17H,7-8,13H2,1-6H3,(H,25,28). The van der Waals surface area contributed by atoms with Crippen molar-refractivity contribution in [1.82, 2.24) is 4.90 Å². The van der Waals surface area contributed by atoms with Crippen LogP contribution in [0.3, 0.4) is 0 Å². The summed E-state index contributed by atoms with van der Waals surface area (Å²) >= 11 is 0. The van der Waals surface area contributed by atoms with E-state index in [0.29, 0.717) is 47.4 Å². The van der Waals surface area contributed by atoms with Crippen molar-refractivity contribution in [2.75, 3.05) is 54.5 Å². The summed E-state index contributed by atoms with van der Waals surface area (Å²) < 4.78 is 31.8. The van der Waals surface area contributed by atoms with Crippen LogP contribution in [0.4, 0.5) is 10.5 Å². The number of urea groups is 1. The van der Waals surface area contributed by atoms with Crippen LogP contribution < -0.4 is 29.0 Å². The molecule has 184 valence electrons. The number of ether oxygens (including phenoxy) is 6. The van der Waals surface area contributed by atoms with Gasteiger partial charge in [-0.1, -0.05) is 0 Å². The van der Waals surface area contributed by atoms with Crippen LogP contribution >= 0.6 is 0 Å². The van der Waals surface area contributed by atoms with Crippen LogP contribution in [0.2, 0.25) is 0 Å². The van der Waals surface area contributed by atoms with Crippen LogP contribution in [0.1, 0.15) is 23.6 Å². The fraction of sp³-hybridized carbons (Fsp3) is 0.417. The Hall–Kier alpha value is -3.82. The molecule has 0 fully saturated rings. The number of nitrogens with zero attached hydrogens (tertiary/aromatic N) is 1. The fourth-order valence-electron chi connectivity index (χ4n) is 4.08. The molecule has 1 atom stereocenters. The van der Waals surface area contributed by atoms with Crippen LogP contribution in [0, 0.1) is 0 Å². The molecule has 1 unspecified atom stereocenters. The van der Waals surface area contributed by atoms with E-state index >= 15 is 0 Å². The molecule has 0 bridgehead atoms. The van der Waals surface area contributed by atoms with Gasteiger partial charge in [-0.2, -0.15) is 0 Å². The molecule has 1 aliphatic heterocycles. The lowest BCUT2D eigenvalue weighted by Crippen LogP contribution is -2.43. The lowest BCUT2D eigenvalue weighted by Gasteiger charge is -2.37. The Morgan fingerprint density at radius 3 is 1.97 bits per heavy atom. The molecule has 0 saturated carbocycles. The van der Waals surface area contributed by atoms with E-state index in [1.54, 1.807) is 30.2 Å². The number of rotatable bonds is 8. The third kappa shape index (κ3) is 4.90. The zero-order valence-corrected chi connectivity index (χ0v) is 20.2. The molecule has 3 rings (SSSR count). The van der Waals surface area contributed by atoms with Crippen LogP contribution in [0.25, 0.3) is 0 Å². The van der Waals surface area contributed by atoms with Crippen molar-refractivity contribution >= 4 is 17.7 Å². The Morgan fingerprint density at radius 2 is 1.44 bits per heavy atom. The lowest BCUT2D eigenvalue weighted by molar-refractivity contribution is -0.141. The number of hydrogen-bond acceptors (Lipinski definition) is 8. The summed E-state index contributed by atoms with van der Waals surface area (Å²) in [5.74, 6) is 1.90.